The van der Waals surface area contributed by atoms with Crippen LogP contribution in [0.5, 0.6) is 0 Å². The average Bonchev–Trinajstić information content (AvgIpc) is 2.25. The zero-order chi connectivity index (χ0) is 11.0. The lowest BCUT2D eigenvalue weighted by molar-refractivity contribution is 0.218. The Morgan fingerprint density at radius 1 is 1.29 bits per heavy atom. The molecule has 0 radical (unpaired) electrons. The maximum Gasteiger partial charge on any atom is 0.0445 e. The highest BCUT2D eigenvalue weighted by atomic mass is 16.3. The Morgan fingerprint density at radius 2 is 1.86 bits per heavy atom. The maximum atomic E-state index is 8.91. The van der Waals surface area contributed by atoms with Gasteiger partial charge in [0, 0.05) is 24.7 Å². The molecule has 0 saturated heterocycles. The van der Waals surface area contributed by atoms with E-state index in [4.69, 9.17) is 10.8 Å². The van der Waals surface area contributed by atoms with Crippen molar-refractivity contribution in [1.29, 1.82) is 0 Å². The van der Waals surface area contributed by atoms with Crippen LogP contribution in [0.4, 0.5) is 0 Å². The summed E-state index contributed by atoms with van der Waals surface area (Å²) in [5.41, 5.74) is 5.87. The van der Waals surface area contributed by atoms with Gasteiger partial charge in [-0.3, -0.25) is 0 Å². The smallest absolute Gasteiger partial charge is 0.0445 e. The molecule has 0 bridgehead atoms. The van der Waals surface area contributed by atoms with E-state index in [0.717, 1.165) is 25.7 Å². The standard InChI is InChI=1S/C11H26N2O/c1-4-10(7-8-14)13-11(5-2,6-3)9-12/h10,13-14H,4-9,12H2,1-3H3. The lowest BCUT2D eigenvalue weighted by Gasteiger charge is -2.35. The molecule has 0 fully saturated rings. The number of aliphatic hydroxyl groups is 1. The van der Waals surface area contributed by atoms with E-state index >= 15 is 0 Å². The Balaban J connectivity index is 4.24. The van der Waals surface area contributed by atoms with Crippen LogP contribution in [0, 0.1) is 0 Å². The van der Waals surface area contributed by atoms with Crippen LogP contribution in [0.25, 0.3) is 0 Å². The summed E-state index contributed by atoms with van der Waals surface area (Å²) >= 11 is 0. The highest BCUT2D eigenvalue weighted by Gasteiger charge is 2.26. The van der Waals surface area contributed by atoms with Gasteiger partial charge in [0.1, 0.15) is 0 Å². The van der Waals surface area contributed by atoms with E-state index in [1.807, 2.05) is 0 Å². The molecule has 0 aliphatic heterocycles. The lowest BCUT2D eigenvalue weighted by atomic mass is 9.91. The second-order valence-electron chi connectivity index (χ2n) is 3.95. The molecule has 0 aromatic heterocycles. The van der Waals surface area contributed by atoms with Crippen LogP contribution in [0.15, 0.2) is 0 Å². The molecule has 1 atom stereocenters. The van der Waals surface area contributed by atoms with Gasteiger partial charge in [-0.25, -0.2) is 0 Å². The predicted octanol–water partition coefficient (Wildman–Crippen LogP) is 1.25. The predicted molar refractivity (Wildman–Crippen MR) is 61.3 cm³/mol. The minimum Gasteiger partial charge on any atom is -0.396 e. The average molecular weight is 202 g/mol. The molecular formula is C11H26N2O. The van der Waals surface area contributed by atoms with Crippen molar-refractivity contribution in [2.75, 3.05) is 13.2 Å². The van der Waals surface area contributed by atoms with Crippen molar-refractivity contribution in [3.05, 3.63) is 0 Å². The number of rotatable bonds is 8. The molecule has 14 heavy (non-hydrogen) atoms. The molecule has 0 aliphatic carbocycles. The van der Waals surface area contributed by atoms with Gasteiger partial charge in [0.25, 0.3) is 0 Å². The van der Waals surface area contributed by atoms with Gasteiger partial charge in [-0.1, -0.05) is 20.8 Å². The first-order chi connectivity index (χ1) is 6.67. The van der Waals surface area contributed by atoms with Crippen molar-refractivity contribution in [3.8, 4) is 0 Å². The van der Waals surface area contributed by atoms with Gasteiger partial charge in [-0.2, -0.15) is 0 Å². The minimum atomic E-state index is 0.0653. The zero-order valence-corrected chi connectivity index (χ0v) is 9.84. The molecule has 0 aliphatic rings. The summed E-state index contributed by atoms with van der Waals surface area (Å²) in [6.07, 6.45) is 3.95. The molecule has 3 heteroatoms. The summed E-state index contributed by atoms with van der Waals surface area (Å²) in [5.74, 6) is 0. The number of hydrogen-bond donors (Lipinski definition) is 3. The molecule has 86 valence electrons. The zero-order valence-electron chi connectivity index (χ0n) is 9.84. The Kier molecular flexibility index (Phi) is 7.15. The van der Waals surface area contributed by atoms with E-state index in [0.29, 0.717) is 12.6 Å². The molecular weight excluding hydrogens is 176 g/mol. The fourth-order valence-electron chi connectivity index (χ4n) is 1.77. The topological polar surface area (TPSA) is 58.3 Å². The molecule has 0 rings (SSSR count). The van der Waals surface area contributed by atoms with Crippen molar-refractivity contribution >= 4 is 0 Å². The van der Waals surface area contributed by atoms with E-state index in [1.165, 1.54) is 0 Å². The number of hydrogen-bond acceptors (Lipinski definition) is 3. The fraction of sp³-hybridized carbons (Fsp3) is 1.00. The highest BCUT2D eigenvalue weighted by Crippen LogP contribution is 2.16. The Labute approximate surface area is 88.1 Å². The normalized spacial score (nSPS) is 14.4. The molecule has 0 aromatic carbocycles. The van der Waals surface area contributed by atoms with Gasteiger partial charge < -0.3 is 16.2 Å². The van der Waals surface area contributed by atoms with Crippen molar-refractivity contribution in [3.63, 3.8) is 0 Å². The van der Waals surface area contributed by atoms with Crippen LogP contribution in [-0.2, 0) is 0 Å². The first-order valence-corrected chi connectivity index (χ1v) is 5.76. The van der Waals surface area contributed by atoms with Crippen LogP contribution in [0.3, 0.4) is 0 Å². The quantitative estimate of drug-likeness (QED) is 0.555. The third kappa shape index (κ3) is 3.95. The highest BCUT2D eigenvalue weighted by molar-refractivity contribution is 4.89. The molecule has 0 amide bonds. The third-order valence-electron chi connectivity index (χ3n) is 3.22. The van der Waals surface area contributed by atoms with Crippen LogP contribution in [0.2, 0.25) is 0 Å². The monoisotopic (exact) mass is 202 g/mol. The first kappa shape index (κ1) is 13.9. The van der Waals surface area contributed by atoms with E-state index in [-0.39, 0.29) is 12.1 Å². The van der Waals surface area contributed by atoms with Crippen LogP contribution in [0.1, 0.15) is 46.5 Å². The van der Waals surface area contributed by atoms with E-state index < -0.39 is 0 Å². The van der Waals surface area contributed by atoms with Crippen molar-refractivity contribution in [2.24, 2.45) is 5.73 Å². The van der Waals surface area contributed by atoms with E-state index in [1.54, 1.807) is 0 Å². The SMILES string of the molecule is CCC(CCO)NC(CC)(CC)CN. The van der Waals surface area contributed by atoms with Crippen molar-refractivity contribution in [1.82, 2.24) is 5.32 Å². The lowest BCUT2D eigenvalue weighted by Crippen LogP contribution is -2.54. The number of nitrogens with two attached hydrogens (primary N) is 1. The van der Waals surface area contributed by atoms with Gasteiger partial charge in [-0.05, 0) is 25.7 Å². The van der Waals surface area contributed by atoms with Gasteiger partial charge in [0.2, 0.25) is 0 Å². The fourth-order valence-corrected chi connectivity index (χ4v) is 1.77. The molecule has 3 nitrogen and oxygen atoms in total. The second kappa shape index (κ2) is 7.21. The minimum absolute atomic E-state index is 0.0653. The summed E-state index contributed by atoms with van der Waals surface area (Å²) in [7, 11) is 0. The van der Waals surface area contributed by atoms with Crippen LogP contribution in [-0.4, -0.2) is 29.8 Å². The van der Waals surface area contributed by atoms with Gasteiger partial charge in [0.15, 0.2) is 0 Å². The van der Waals surface area contributed by atoms with Crippen LogP contribution >= 0.6 is 0 Å². The Hall–Kier alpha value is -0.120. The van der Waals surface area contributed by atoms with Gasteiger partial charge >= 0.3 is 0 Å². The second-order valence-corrected chi connectivity index (χ2v) is 3.95. The molecule has 0 aromatic rings. The van der Waals surface area contributed by atoms with Gasteiger partial charge in [0.05, 0.1) is 0 Å². The summed E-state index contributed by atoms with van der Waals surface area (Å²) in [5, 5.41) is 12.5. The number of aliphatic hydroxyl groups excluding tert-OH is 1. The van der Waals surface area contributed by atoms with Crippen molar-refractivity contribution < 1.29 is 5.11 Å². The van der Waals surface area contributed by atoms with E-state index in [2.05, 4.69) is 26.1 Å². The summed E-state index contributed by atoms with van der Waals surface area (Å²) in [4.78, 5) is 0. The summed E-state index contributed by atoms with van der Waals surface area (Å²) in [6.45, 7) is 7.38. The number of nitrogens with one attached hydrogen (secondary N) is 1. The first-order valence-electron chi connectivity index (χ1n) is 5.76. The Bertz CT molecular complexity index is 127. The summed E-state index contributed by atoms with van der Waals surface area (Å²) < 4.78 is 0. The van der Waals surface area contributed by atoms with E-state index in [9.17, 15) is 0 Å². The van der Waals surface area contributed by atoms with Gasteiger partial charge in [-0.15, -0.1) is 0 Å². The van der Waals surface area contributed by atoms with Crippen molar-refractivity contribution in [2.45, 2.75) is 58.0 Å². The molecule has 0 heterocycles. The molecule has 0 saturated carbocycles. The molecule has 0 spiro atoms. The van der Waals surface area contributed by atoms with Crippen LogP contribution < -0.4 is 11.1 Å². The largest absolute Gasteiger partial charge is 0.396 e. The summed E-state index contributed by atoms with van der Waals surface area (Å²) in [6, 6.07) is 0.392. The molecule has 4 N–H and O–H groups in total. The Morgan fingerprint density at radius 3 is 2.14 bits per heavy atom. The third-order valence-corrected chi connectivity index (χ3v) is 3.22. The maximum absolute atomic E-state index is 8.91. The molecule has 1 unspecified atom stereocenters.